The van der Waals surface area contributed by atoms with Gasteiger partial charge < -0.3 is 14.6 Å². The van der Waals surface area contributed by atoms with Crippen LogP contribution >= 0.6 is 0 Å². The van der Waals surface area contributed by atoms with Crippen molar-refractivity contribution in [2.75, 3.05) is 0 Å². The van der Waals surface area contributed by atoms with E-state index in [1.54, 1.807) is 0 Å². The summed E-state index contributed by atoms with van der Waals surface area (Å²) in [5, 5.41) is 9.91. The molecule has 30 heavy (non-hydrogen) atoms. The summed E-state index contributed by atoms with van der Waals surface area (Å²) in [5.74, 6) is 0.485. The predicted octanol–water partition coefficient (Wildman–Crippen LogP) is 4.73. The highest BCUT2D eigenvalue weighted by Gasteiger charge is 2.42. The Morgan fingerprint density at radius 2 is 2.03 bits per heavy atom. The quantitative estimate of drug-likeness (QED) is 0.605. The van der Waals surface area contributed by atoms with Crippen LogP contribution < -0.4 is 0 Å². The fourth-order valence-corrected chi connectivity index (χ4v) is 5.19. The van der Waals surface area contributed by atoms with Crippen molar-refractivity contribution in [3.05, 3.63) is 23.8 Å². The van der Waals surface area contributed by atoms with Crippen LogP contribution in [0.25, 0.3) is 0 Å². The first-order valence-corrected chi connectivity index (χ1v) is 11.7. The largest absolute Gasteiger partial charge is 0.462 e. The number of cyclic esters (lactones) is 1. The molecule has 1 saturated heterocycles. The SMILES string of the molecule is CCC(C)(CC)C(=O)O[C@@H]1CCC=C2C=C[C@H](C)[C@H](CC[C@@H]3C[C@@H](O)CC(=O)O3)[C@H]21. The third-order valence-corrected chi connectivity index (χ3v) is 7.71. The maximum absolute atomic E-state index is 13.0. The van der Waals surface area contributed by atoms with Gasteiger partial charge in [-0.2, -0.15) is 0 Å². The summed E-state index contributed by atoms with van der Waals surface area (Å²) >= 11 is 0. The normalized spacial score (nSPS) is 34.0. The minimum Gasteiger partial charge on any atom is -0.462 e. The summed E-state index contributed by atoms with van der Waals surface area (Å²) in [4.78, 5) is 24.7. The molecule has 1 fully saturated rings. The Morgan fingerprint density at radius 1 is 1.30 bits per heavy atom. The van der Waals surface area contributed by atoms with E-state index < -0.39 is 11.5 Å². The summed E-state index contributed by atoms with van der Waals surface area (Å²) in [7, 11) is 0. The lowest BCUT2D eigenvalue weighted by Gasteiger charge is -2.43. The van der Waals surface area contributed by atoms with Crippen molar-refractivity contribution in [2.45, 2.75) is 97.4 Å². The van der Waals surface area contributed by atoms with Crippen LogP contribution in [0.15, 0.2) is 23.8 Å². The van der Waals surface area contributed by atoms with Crippen molar-refractivity contribution in [3.8, 4) is 0 Å². The third-order valence-electron chi connectivity index (χ3n) is 7.71. The van der Waals surface area contributed by atoms with Gasteiger partial charge >= 0.3 is 11.9 Å². The lowest BCUT2D eigenvalue weighted by Crippen LogP contribution is -2.42. The van der Waals surface area contributed by atoms with Crippen LogP contribution in [0.2, 0.25) is 0 Å². The molecule has 1 heterocycles. The number of aliphatic hydroxyl groups excluding tert-OH is 1. The second kappa shape index (κ2) is 9.67. The van der Waals surface area contributed by atoms with Gasteiger partial charge in [-0.05, 0) is 62.9 Å². The Hall–Kier alpha value is -1.62. The van der Waals surface area contributed by atoms with Gasteiger partial charge in [-0.25, -0.2) is 0 Å². The van der Waals surface area contributed by atoms with Gasteiger partial charge in [0, 0.05) is 12.3 Å². The molecule has 0 aromatic carbocycles. The zero-order valence-corrected chi connectivity index (χ0v) is 18.9. The van der Waals surface area contributed by atoms with E-state index in [-0.39, 0.29) is 36.5 Å². The molecule has 0 amide bonds. The second-order valence-electron chi connectivity index (χ2n) is 9.68. The molecule has 1 N–H and O–H groups in total. The zero-order chi connectivity index (χ0) is 21.9. The number of carbonyl (C=O) groups is 2. The molecule has 3 rings (SSSR count). The Balaban J connectivity index is 1.73. The van der Waals surface area contributed by atoms with Gasteiger partial charge in [0.25, 0.3) is 0 Å². The third kappa shape index (κ3) is 4.99. The maximum atomic E-state index is 13.0. The Labute approximate surface area is 180 Å². The maximum Gasteiger partial charge on any atom is 0.312 e. The molecular weight excluding hydrogens is 380 g/mol. The van der Waals surface area contributed by atoms with Gasteiger partial charge in [-0.3, -0.25) is 9.59 Å². The number of allylic oxidation sites excluding steroid dienone is 3. The van der Waals surface area contributed by atoms with Crippen molar-refractivity contribution in [3.63, 3.8) is 0 Å². The molecule has 5 heteroatoms. The van der Waals surface area contributed by atoms with E-state index in [2.05, 4.69) is 25.2 Å². The molecule has 0 radical (unpaired) electrons. The van der Waals surface area contributed by atoms with E-state index in [1.807, 2.05) is 20.8 Å². The van der Waals surface area contributed by atoms with Crippen LogP contribution in [-0.4, -0.2) is 35.4 Å². The van der Waals surface area contributed by atoms with Gasteiger partial charge in [0.05, 0.1) is 17.9 Å². The predicted molar refractivity (Wildman–Crippen MR) is 116 cm³/mol. The highest BCUT2D eigenvalue weighted by molar-refractivity contribution is 5.76. The standard InChI is InChI=1S/C25H38O5/c1-5-25(4,6-2)24(28)30-21-9-7-8-17-11-10-16(3)20(23(17)21)13-12-19-14-18(26)15-22(27)29-19/h8,10-11,16,18-21,23,26H,5-7,9,12-15H2,1-4H3/t16-,18+,19+,20-,21+,23-/m0/s1. The molecule has 0 spiro atoms. The van der Waals surface area contributed by atoms with Crippen LogP contribution in [0, 0.1) is 23.2 Å². The zero-order valence-electron chi connectivity index (χ0n) is 18.9. The monoisotopic (exact) mass is 418 g/mol. The van der Waals surface area contributed by atoms with E-state index in [0.29, 0.717) is 18.3 Å². The number of aliphatic hydroxyl groups is 1. The molecule has 0 aromatic rings. The minimum absolute atomic E-state index is 0.0796. The van der Waals surface area contributed by atoms with Gasteiger partial charge in [0.1, 0.15) is 12.2 Å². The van der Waals surface area contributed by atoms with E-state index in [4.69, 9.17) is 9.47 Å². The number of fused-ring (bicyclic) bond motifs is 1. The number of hydrogen-bond donors (Lipinski definition) is 1. The first-order valence-electron chi connectivity index (χ1n) is 11.7. The number of esters is 2. The highest BCUT2D eigenvalue weighted by atomic mass is 16.6. The van der Waals surface area contributed by atoms with E-state index in [1.165, 1.54) is 5.57 Å². The fraction of sp³-hybridized carbons (Fsp3) is 0.760. The van der Waals surface area contributed by atoms with Crippen LogP contribution in [0.5, 0.6) is 0 Å². The molecule has 5 nitrogen and oxygen atoms in total. The smallest absolute Gasteiger partial charge is 0.312 e. The van der Waals surface area contributed by atoms with Crippen molar-refractivity contribution in [1.29, 1.82) is 0 Å². The van der Waals surface area contributed by atoms with Crippen molar-refractivity contribution < 1.29 is 24.2 Å². The van der Waals surface area contributed by atoms with E-state index in [0.717, 1.165) is 38.5 Å². The molecule has 0 unspecified atom stereocenters. The molecule has 168 valence electrons. The molecule has 6 atom stereocenters. The molecule has 0 bridgehead atoms. The van der Waals surface area contributed by atoms with Gasteiger partial charge in [0.15, 0.2) is 0 Å². The van der Waals surface area contributed by atoms with Crippen molar-refractivity contribution in [1.82, 2.24) is 0 Å². The number of carbonyl (C=O) groups excluding carboxylic acids is 2. The van der Waals surface area contributed by atoms with Crippen molar-refractivity contribution >= 4 is 11.9 Å². The Morgan fingerprint density at radius 3 is 2.70 bits per heavy atom. The number of rotatable bonds is 7. The summed E-state index contributed by atoms with van der Waals surface area (Å²) in [5.41, 5.74) is 0.844. The molecule has 1 aliphatic heterocycles. The van der Waals surface area contributed by atoms with Crippen LogP contribution in [0.3, 0.4) is 0 Å². The average molecular weight is 419 g/mol. The lowest BCUT2D eigenvalue weighted by molar-refractivity contribution is -0.166. The topological polar surface area (TPSA) is 72.8 Å². The van der Waals surface area contributed by atoms with Gasteiger partial charge in [0.2, 0.25) is 0 Å². The second-order valence-corrected chi connectivity index (χ2v) is 9.68. The molecule has 2 aliphatic carbocycles. The number of hydrogen-bond acceptors (Lipinski definition) is 5. The van der Waals surface area contributed by atoms with Gasteiger partial charge in [-0.1, -0.05) is 39.0 Å². The van der Waals surface area contributed by atoms with Crippen LogP contribution in [0.4, 0.5) is 0 Å². The Kier molecular flexibility index (Phi) is 7.43. The highest BCUT2D eigenvalue weighted by Crippen LogP contribution is 2.44. The fourth-order valence-electron chi connectivity index (χ4n) is 5.19. The van der Waals surface area contributed by atoms with Crippen LogP contribution in [-0.2, 0) is 19.1 Å². The first-order chi connectivity index (χ1) is 14.3. The lowest BCUT2D eigenvalue weighted by atomic mass is 9.66. The first kappa shape index (κ1) is 23.1. The van der Waals surface area contributed by atoms with Crippen LogP contribution in [0.1, 0.15) is 79.1 Å². The van der Waals surface area contributed by atoms with Crippen molar-refractivity contribution in [2.24, 2.45) is 23.2 Å². The van der Waals surface area contributed by atoms with E-state index >= 15 is 0 Å². The van der Waals surface area contributed by atoms with E-state index in [9.17, 15) is 14.7 Å². The average Bonchev–Trinajstić information content (AvgIpc) is 2.72. The molecule has 0 aromatic heterocycles. The minimum atomic E-state index is -0.598. The summed E-state index contributed by atoms with van der Waals surface area (Å²) in [6.45, 7) is 8.31. The molecular formula is C25H38O5. The summed E-state index contributed by atoms with van der Waals surface area (Å²) in [6, 6.07) is 0. The molecule has 3 aliphatic rings. The summed E-state index contributed by atoms with van der Waals surface area (Å²) < 4.78 is 11.6. The Bertz CT molecular complexity index is 690. The van der Waals surface area contributed by atoms with Gasteiger partial charge in [-0.15, -0.1) is 0 Å². The molecule has 0 saturated carbocycles. The number of ether oxygens (including phenoxy) is 2. The summed E-state index contributed by atoms with van der Waals surface area (Å²) in [6.07, 6.45) is 11.4.